The van der Waals surface area contributed by atoms with Gasteiger partial charge in [-0.25, -0.2) is 4.79 Å². The monoisotopic (exact) mass is 358 g/mol. The fourth-order valence-electron chi connectivity index (χ4n) is 3.11. The summed E-state index contributed by atoms with van der Waals surface area (Å²) in [6.45, 7) is 6.50. The summed E-state index contributed by atoms with van der Waals surface area (Å²) >= 11 is 1.71. The van der Waals surface area contributed by atoms with Crippen molar-refractivity contribution >= 4 is 17.4 Å². The molecule has 2 heterocycles. The van der Waals surface area contributed by atoms with Gasteiger partial charge in [-0.05, 0) is 24.3 Å². The highest BCUT2D eigenvalue weighted by Gasteiger charge is 2.27. The van der Waals surface area contributed by atoms with Crippen molar-refractivity contribution in [3.8, 4) is 0 Å². The van der Waals surface area contributed by atoms with E-state index in [1.54, 1.807) is 11.3 Å². The van der Waals surface area contributed by atoms with Gasteiger partial charge >= 0.3 is 6.03 Å². The average molecular weight is 359 g/mol. The van der Waals surface area contributed by atoms with Crippen LogP contribution in [0.4, 0.5) is 4.79 Å². The number of amides is 2. The number of carbonyl (C=O) groups is 1. The maximum Gasteiger partial charge on any atom is 0.317 e. The molecule has 5 nitrogen and oxygen atoms in total. The number of nitrogens with zero attached hydrogens (tertiary/aromatic N) is 3. The van der Waals surface area contributed by atoms with Gasteiger partial charge in [0.15, 0.2) is 0 Å². The summed E-state index contributed by atoms with van der Waals surface area (Å²) in [5.41, 5.74) is 1.12. The minimum Gasteiger partial charge on any atom is -0.334 e. The van der Waals surface area contributed by atoms with E-state index in [0.29, 0.717) is 18.4 Å². The van der Waals surface area contributed by atoms with Crippen molar-refractivity contribution in [3.05, 3.63) is 45.9 Å². The largest absolute Gasteiger partial charge is 0.334 e. The van der Waals surface area contributed by atoms with Crippen molar-refractivity contribution in [1.82, 2.24) is 20.4 Å². The lowest BCUT2D eigenvalue weighted by Gasteiger charge is -2.31. The van der Waals surface area contributed by atoms with Crippen LogP contribution in [-0.4, -0.2) is 34.2 Å². The van der Waals surface area contributed by atoms with Gasteiger partial charge in [-0.3, -0.25) is 0 Å². The number of aromatic nitrogens is 2. The van der Waals surface area contributed by atoms with E-state index in [2.05, 4.69) is 29.4 Å². The highest BCUT2D eigenvalue weighted by atomic mass is 32.1. The average Bonchev–Trinajstić information content (AvgIpc) is 3.08. The fraction of sp³-hybridized carbons (Fsp3) is 0.526. The molecule has 25 heavy (non-hydrogen) atoms. The SMILES string of the molecule is CC(C)Cc1nnc(C2CCCN(C(=O)NCc3ccccc3)C2)s1. The van der Waals surface area contributed by atoms with Gasteiger partial charge in [0.05, 0.1) is 0 Å². The molecule has 1 saturated heterocycles. The van der Waals surface area contributed by atoms with Gasteiger partial charge in [-0.15, -0.1) is 21.5 Å². The first-order valence-electron chi connectivity index (χ1n) is 9.01. The van der Waals surface area contributed by atoms with Crippen LogP contribution in [0.5, 0.6) is 0 Å². The van der Waals surface area contributed by atoms with Gasteiger partial charge in [0.25, 0.3) is 0 Å². The first-order valence-corrected chi connectivity index (χ1v) is 9.82. The third-order valence-electron chi connectivity index (χ3n) is 4.41. The molecular formula is C19H26N4OS. The van der Waals surface area contributed by atoms with Gasteiger partial charge in [0, 0.05) is 32.0 Å². The normalized spacial score (nSPS) is 17.7. The molecule has 3 rings (SSSR count). The van der Waals surface area contributed by atoms with Gasteiger partial charge < -0.3 is 10.2 Å². The molecule has 0 bridgehead atoms. The highest BCUT2D eigenvalue weighted by molar-refractivity contribution is 7.11. The van der Waals surface area contributed by atoms with Crippen LogP contribution in [0.2, 0.25) is 0 Å². The molecule has 1 fully saturated rings. The first kappa shape index (κ1) is 17.9. The quantitative estimate of drug-likeness (QED) is 0.884. The fourth-order valence-corrected chi connectivity index (χ4v) is 4.29. The second-order valence-corrected chi connectivity index (χ2v) is 8.16. The van der Waals surface area contributed by atoms with Crippen molar-refractivity contribution in [2.24, 2.45) is 5.92 Å². The summed E-state index contributed by atoms with van der Waals surface area (Å²) in [5, 5.41) is 13.9. The Hall–Kier alpha value is -1.95. The maximum absolute atomic E-state index is 12.5. The lowest BCUT2D eigenvalue weighted by Crippen LogP contribution is -2.44. The van der Waals surface area contributed by atoms with E-state index in [4.69, 9.17) is 0 Å². The van der Waals surface area contributed by atoms with E-state index in [1.807, 2.05) is 35.2 Å². The number of rotatable bonds is 5. The van der Waals surface area contributed by atoms with Crippen LogP contribution in [0.15, 0.2) is 30.3 Å². The summed E-state index contributed by atoms with van der Waals surface area (Å²) < 4.78 is 0. The molecule has 0 saturated carbocycles. The second-order valence-electron chi connectivity index (χ2n) is 7.06. The van der Waals surface area contributed by atoms with E-state index in [0.717, 1.165) is 47.9 Å². The molecule has 1 aromatic heterocycles. The van der Waals surface area contributed by atoms with Crippen molar-refractivity contribution in [3.63, 3.8) is 0 Å². The van der Waals surface area contributed by atoms with E-state index in [1.165, 1.54) is 0 Å². The Kier molecular flexibility index (Phi) is 6.02. The predicted octanol–water partition coefficient (Wildman–Crippen LogP) is 3.83. The molecule has 1 atom stereocenters. The number of nitrogens with one attached hydrogen (secondary N) is 1. The molecule has 1 unspecified atom stereocenters. The Bertz CT molecular complexity index is 686. The molecule has 6 heteroatoms. The van der Waals surface area contributed by atoms with E-state index in [-0.39, 0.29) is 6.03 Å². The second kappa shape index (κ2) is 8.43. The maximum atomic E-state index is 12.5. The van der Waals surface area contributed by atoms with Crippen LogP contribution in [0.1, 0.15) is 48.2 Å². The van der Waals surface area contributed by atoms with Crippen molar-refractivity contribution in [2.75, 3.05) is 13.1 Å². The molecule has 2 amide bonds. The predicted molar refractivity (Wildman–Crippen MR) is 101 cm³/mol. The number of piperidine rings is 1. The first-order chi connectivity index (χ1) is 12.1. The van der Waals surface area contributed by atoms with E-state index < -0.39 is 0 Å². The number of urea groups is 1. The molecule has 1 aliphatic rings. The number of carbonyl (C=O) groups excluding carboxylic acids is 1. The lowest BCUT2D eigenvalue weighted by atomic mass is 9.99. The molecule has 134 valence electrons. The molecular weight excluding hydrogens is 332 g/mol. The molecule has 1 N–H and O–H groups in total. The standard InChI is InChI=1S/C19H26N4OS/c1-14(2)11-17-21-22-18(25-17)16-9-6-10-23(13-16)19(24)20-12-15-7-4-3-5-8-15/h3-5,7-8,14,16H,6,9-13H2,1-2H3,(H,20,24). The highest BCUT2D eigenvalue weighted by Crippen LogP contribution is 2.29. The third kappa shape index (κ3) is 5.01. The van der Waals surface area contributed by atoms with Crippen LogP contribution in [0.25, 0.3) is 0 Å². The summed E-state index contributed by atoms with van der Waals surface area (Å²) in [6, 6.07) is 10.0. The zero-order valence-corrected chi connectivity index (χ0v) is 15.8. The Balaban J connectivity index is 1.55. The van der Waals surface area contributed by atoms with E-state index >= 15 is 0 Å². The minimum atomic E-state index is 0.0143. The lowest BCUT2D eigenvalue weighted by molar-refractivity contribution is 0.179. The number of benzene rings is 1. The zero-order valence-electron chi connectivity index (χ0n) is 14.9. The van der Waals surface area contributed by atoms with Crippen molar-refractivity contribution in [1.29, 1.82) is 0 Å². The van der Waals surface area contributed by atoms with Crippen LogP contribution in [0, 0.1) is 5.92 Å². The molecule has 0 aliphatic carbocycles. The van der Waals surface area contributed by atoms with Crippen LogP contribution < -0.4 is 5.32 Å². The smallest absolute Gasteiger partial charge is 0.317 e. The van der Waals surface area contributed by atoms with Gasteiger partial charge in [0.2, 0.25) is 0 Å². The number of likely N-dealkylation sites (tertiary alicyclic amines) is 1. The molecule has 2 aromatic rings. The molecule has 1 aliphatic heterocycles. The van der Waals surface area contributed by atoms with Crippen molar-refractivity contribution in [2.45, 2.75) is 45.6 Å². The molecule has 1 aromatic carbocycles. The Labute approximate surface area is 153 Å². The van der Waals surface area contributed by atoms with E-state index in [9.17, 15) is 4.79 Å². The number of hydrogen-bond acceptors (Lipinski definition) is 4. The van der Waals surface area contributed by atoms with Crippen LogP contribution >= 0.6 is 11.3 Å². The zero-order chi connectivity index (χ0) is 17.6. The third-order valence-corrected chi connectivity index (χ3v) is 5.52. The topological polar surface area (TPSA) is 58.1 Å². The minimum absolute atomic E-state index is 0.0143. The van der Waals surface area contributed by atoms with Crippen LogP contribution in [0.3, 0.4) is 0 Å². The Morgan fingerprint density at radius 3 is 2.88 bits per heavy atom. The Morgan fingerprint density at radius 1 is 1.32 bits per heavy atom. The summed E-state index contributed by atoms with van der Waals surface area (Å²) in [5.74, 6) is 0.905. The number of hydrogen-bond donors (Lipinski definition) is 1. The summed E-state index contributed by atoms with van der Waals surface area (Å²) in [6.07, 6.45) is 3.08. The van der Waals surface area contributed by atoms with Gasteiger partial charge in [-0.1, -0.05) is 44.2 Å². The molecule has 0 radical (unpaired) electrons. The van der Waals surface area contributed by atoms with Gasteiger partial charge in [0.1, 0.15) is 10.0 Å². The van der Waals surface area contributed by atoms with Crippen LogP contribution in [-0.2, 0) is 13.0 Å². The summed E-state index contributed by atoms with van der Waals surface area (Å²) in [7, 11) is 0. The van der Waals surface area contributed by atoms with Crippen molar-refractivity contribution < 1.29 is 4.79 Å². The van der Waals surface area contributed by atoms with Gasteiger partial charge in [-0.2, -0.15) is 0 Å². The Morgan fingerprint density at radius 2 is 2.12 bits per heavy atom. The summed E-state index contributed by atoms with van der Waals surface area (Å²) in [4.78, 5) is 14.4. The molecule has 0 spiro atoms.